The highest BCUT2D eigenvalue weighted by Crippen LogP contribution is 2.17. The Morgan fingerprint density at radius 1 is 1.12 bits per heavy atom. The van der Waals surface area contributed by atoms with Crippen LogP contribution in [0.15, 0.2) is 0 Å². The van der Waals surface area contributed by atoms with E-state index in [-0.39, 0.29) is 25.2 Å². The van der Waals surface area contributed by atoms with E-state index < -0.39 is 23.7 Å². The average molecular weight is 357 g/mol. The maximum atomic E-state index is 12.0. The van der Waals surface area contributed by atoms with Crippen molar-refractivity contribution in [2.24, 2.45) is 0 Å². The van der Waals surface area contributed by atoms with Crippen LogP contribution in [0.2, 0.25) is 0 Å². The van der Waals surface area contributed by atoms with Crippen molar-refractivity contribution in [2.75, 3.05) is 13.2 Å². The summed E-state index contributed by atoms with van der Waals surface area (Å²) in [5.41, 5.74) is -0.685. The Morgan fingerprint density at radius 3 is 2.32 bits per heavy atom. The van der Waals surface area contributed by atoms with E-state index in [0.29, 0.717) is 0 Å². The zero-order valence-corrected chi connectivity index (χ0v) is 15.6. The van der Waals surface area contributed by atoms with Crippen LogP contribution in [0.5, 0.6) is 0 Å². The van der Waals surface area contributed by atoms with Crippen molar-refractivity contribution in [3.8, 4) is 0 Å². The normalized spacial score (nSPS) is 16.5. The van der Waals surface area contributed by atoms with Crippen molar-refractivity contribution in [2.45, 2.75) is 77.5 Å². The van der Waals surface area contributed by atoms with Crippen LogP contribution in [0.4, 0.5) is 9.59 Å². The molecule has 0 heterocycles. The van der Waals surface area contributed by atoms with E-state index in [1.807, 2.05) is 0 Å². The van der Waals surface area contributed by atoms with Gasteiger partial charge in [-0.1, -0.05) is 19.3 Å². The number of hydrogen-bond acceptors (Lipinski definition) is 5. The molecule has 144 valence electrons. The summed E-state index contributed by atoms with van der Waals surface area (Å²) in [6, 6.07) is -1.20. The highest BCUT2D eigenvalue weighted by atomic mass is 16.6. The van der Waals surface area contributed by atoms with Gasteiger partial charge < -0.3 is 25.4 Å². The molecule has 1 atom stereocenters. The maximum Gasteiger partial charge on any atom is 0.408 e. The summed E-state index contributed by atoms with van der Waals surface area (Å²) in [6.07, 6.45) is 4.60. The highest BCUT2D eigenvalue weighted by Gasteiger charge is 2.26. The van der Waals surface area contributed by atoms with Gasteiger partial charge in [0.2, 0.25) is 0 Å². The van der Waals surface area contributed by atoms with E-state index in [1.54, 1.807) is 27.7 Å². The molecule has 1 fully saturated rings. The van der Waals surface area contributed by atoms with Crippen molar-refractivity contribution in [1.82, 2.24) is 16.0 Å². The molecule has 0 radical (unpaired) electrons. The fourth-order valence-electron chi connectivity index (χ4n) is 2.56. The fraction of sp³-hybridized carbons (Fsp3) is 0.824. The molecule has 0 aromatic heterocycles. The van der Waals surface area contributed by atoms with Crippen LogP contribution >= 0.6 is 0 Å². The number of hydrogen-bond donors (Lipinski definition) is 3. The SMILES string of the molecule is CCOC(=O)C(CNC(=O)NC1CCCCC1)NC(=O)OC(C)(C)C. The Hall–Kier alpha value is -1.99. The first-order chi connectivity index (χ1) is 11.7. The first-order valence-corrected chi connectivity index (χ1v) is 8.91. The Morgan fingerprint density at radius 2 is 1.76 bits per heavy atom. The van der Waals surface area contributed by atoms with Gasteiger partial charge in [-0.05, 0) is 40.5 Å². The van der Waals surface area contributed by atoms with Crippen LogP contribution in [0.25, 0.3) is 0 Å². The van der Waals surface area contributed by atoms with Crippen molar-refractivity contribution in [3.63, 3.8) is 0 Å². The molecular formula is C17H31N3O5. The number of carbonyl (C=O) groups excluding carboxylic acids is 3. The molecule has 0 bridgehead atoms. The lowest BCUT2D eigenvalue weighted by molar-refractivity contribution is -0.145. The largest absolute Gasteiger partial charge is 0.464 e. The molecule has 0 aliphatic heterocycles. The Bertz CT molecular complexity index is 456. The lowest BCUT2D eigenvalue weighted by atomic mass is 9.96. The zero-order chi connectivity index (χ0) is 18.9. The third-order valence-corrected chi connectivity index (χ3v) is 3.67. The quantitative estimate of drug-likeness (QED) is 0.631. The van der Waals surface area contributed by atoms with Gasteiger partial charge in [0.05, 0.1) is 13.2 Å². The van der Waals surface area contributed by atoms with E-state index >= 15 is 0 Å². The molecule has 1 aliphatic carbocycles. The van der Waals surface area contributed by atoms with E-state index in [4.69, 9.17) is 9.47 Å². The minimum atomic E-state index is -1.01. The molecule has 3 N–H and O–H groups in total. The topological polar surface area (TPSA) is 106 Å². The Labute approximate surface area is 149 Å². The smallest absolute Gasteiger partial charge is 0.408 e. The lowest BCUT2D eigenvalue weighted by Gasteiger charge is -2.25. The van der Waals surface area contributed by atoms with Crippen LogP contribution in [0.1, 0.15) is 59.8 Å². The second kappa shape index (κ2) is 10.1. The number of rotatable bonds is 6. The molecule has 8 nitrogen and oxygen atoms in total. The predicted molar refractivity (Wildman–Crippen MR) is 93.2 cm³/mol. The molecule has 1 rings (SSSR count). The summed E-state index contributed by atoms with van der Waals surface area (Å²) in [5.74, 6) is -0.619. The first kappa shape index (κ1) is 21.1. The van der Waals surface area contributed by atoms with Crippen LogP contribution in [-0.4, -0.2) is 48.9 Å². The van der Waals surface area contributed by atoms with Crippen LogP contribution < -0.4 is 16.0 Å². The number of amides is 3. The minimum absolute atomic E-state index is 0.0728. The monoisotopic (exact) mass is 357 g/mol. The van der Waals surface area contributed by atoms with Crippen molar-refractivity contribution in [3.05, 3.63) is 0 Å². The molecule has 8 heteroatoms. The third kappa shape index (κ3) is 9.16. The first-order valence-electron chi connectivity index (χ1n) is 8.91. The third-order valence-electron chi connectivity index (χ3n) is 3.67. The lowest BCUT2D eigenvalue weighted by Crippen LogP contribution is -2.52. The van der Waals surface area contributed by atoms with Gasteiger partial charge in [0.25, 0.3) is 0 Å². The van der Waals surface area contributed by atoms with E-state index in [1.165, 1.54) is 6.42 Å². The molecule has 0 spiro atoms. The van der Waals surface area contributed by atoms with E-state index in [2.05, 4.69) is 16.0 Å². The van der Waals surface area contributed by atoms with Crippen molar-refractivity contribution < 1.29 is 23.9 Å². The van der Waals surface area contributed by atoms with Gasteiger partial charge in [-0.2, -0.15) is 0 Å². The van der Waals surface area contributed by atoms with Gasteiger partial charge in [-0.3, -0.25) is 0 Å². The summed E-state index contributed by atoms with van der Waals surface area (Å²) in [7, 11) is 0. The zero-order valence-electron chi connectivity index (χ0n) is 15.6. The molecule has 3 amide bonds. The van der Waals surface area contributed by atoms with Gasteiger partial charge in [-0.15, -0.1) is 0 Å². The number of carbonyl (C=O) groups is 3. The maximum absolute atomic E-state index is 12.0. The fourth-order valence-corrected chi connectivity index (χ4v) is 2.56. The average Bonchev–Trinajstić information content (AvgIpc) is 2.50. The number of ether oxygens (including phenoxy) is 2. The Balaban J connectivity index is 2.50. The summed E-state index contributed by atoms with van der Waals surface area (Å²) >= 11 is 0. The number of urea groups is 1. The second-order valence-corrected chi connectivity index (χ2v) is 7.14. The number of esters is 1. The molecule has 0 aromatic carbocycles. The van der Waals surface area contributed by atoms with Gasteiger partial charge in [-0.25, -0.2) is 14.4 Å². The van der Waals surface area contributed by atoms with Gasteiger partial charge in [0.1, 0.15) is 11.6 Å². The van der Waals surface area contributed by atoms with Crippen LogP contribution in [-0.2, 0) is 14.3 Å². The molecular weight excluding hydrogens is 326 g/mol. The molecule has 0 saturated heterocycles. The molecule has 1 saturated carbocycles. The van der Waals surface area contributed by atoms with E-state index in [0.717, 1.165) is 25.7 Å². The summed E-state index contributed by atoms with van der Waals surface area (Å²) in [4.78, 5) is 35.8. The van der Waals surface area contributed by atoms with Crippen LogP contribution in [0, 0.1) is 0 Å². The minimum Gasteiger partial charge on any atom is -0.464 e. The predicted octanol–water partition coefficient (Wildman–Crippen LogP) is 2.07. The Kier molecular flexibility index (Phi) is 8.51. The van der Waals surface area contributed by atoms with Gasteiger partial charge in [0, 0.05) is 6.04 Å². The molecule has 1 aliphatic rings. The molecule has 1 unspecified atom stereocenters. The molecule has 25 heavy (non-hydrogen) atoms. The second-order valence-electron chi connectivity index (χ2n) is 7.14. The highest BCUT2D eigenvalue weighted by molar-refractivity contribution is 5.83. The number of alkyl carbamates (subject to hydrolysis) is 1. The van der Waals surface area contributed by atoms with Gasteiger partial charge in [0.15, 0.2) is 0 Å². The summed E-state index contributed by atoms with van der Waals surface area (Å²) in [5, 5.41) is 7.95. The van der Waals surface area contributed by atoms with Crippen molar-refractivity contribution in [1.29, 1.82) is 0 Å². The van der Waals surface area contributed by atoms with Crippen molar-refractivity contribution >= 4 is 18.1 Å². The van der Waals surface area contributed by atoms with E-state index in [9.17, 15) is 14.4 Å². The summed E-state index contributed by atoms with van der Waals surface area (Å²) in [6.45, 7) is 6.95. The number of nitrogens with one attached hydrogen (secondary N) is 3. The molecule has 0 aromatic rings. The van der Waals surface area contributed by atoms with Gasteiger partial charge >= 0.3 is 18.1 Å². The van der Waals surface area contributed by atoms with Crippen LogP contribution in [0.3, 0.4) is 0 Å². The summed E-state index contributed by atoms with van der Waals surface area (Å²) < 4.78 is 10.1. The standard InChI is InChI=1S/C17H31N3O5/c1-5-24-14(21)13(20-16(23)25-17(2,3)4)11-18-15(22)19-12-9-7-6-8-10-12/h12-13H,5-11H2,1-4H3,(H,20,23)(H2,18,19,22).